The van der Waals surface area contributed by atoms with Crippen LogP contribution < -0.4 is 5.32 Å². The van der Waals surface area contributed by atoms with Crippen molar-refractivity contribution in [3.8, 4) is 0 Å². The lowest BCUT2D eigenvalue weighted by molar-refractivity contribution is -0.115. The molecule has 0 fully saturated rings. The normalized spacial score (nSPS) is 10.7. The molecule has 1 N–H and O–H groups in total. The summed E-state index contributed by atoms with van der Waals surface area (Å²) in [5, 5.41) is 6.54. The van der Waals surface area contributed by atoms with Crippen molar-refractivity contribution in [2.24, 2.45) is 0 Å². The fraction of sp³-hybridized carbons (Fsp3) is 0.158. The van der Waals surface area contributed by atoms with Gasteiger partial charge >= 0.3 is 0 Å². The largest absolute Gasteiger partial charge is 0.325 e. The summed E-state index contributed by atoms with van der Waals surface area (Å²) in [6, 6.07) is 13.6. The fourth-order valence-electron chi connectivity index (χ4n) is 2.41. The summed E-state index contributed by atoms with van der Waals surface area (Å²) in [5.74, 6) is -0.0795. The highest BCUT2D eigenvalue weighted by Crippen LogP contribution is 2.24. The van der Waals surface area contributed by atoms with Crippen molar-refractivity contribution < 1.29 is 4.79 Å². The first-order chi connectivity index (χ1) is 12.0. The van der Waals surface area contributed by atoms with Gasteiger partial charge in [0.25, 0.3) is 0 Å². The number of halogens is 2. The maximum Gasteiger partial charge on any atom is 0.230 e. The van der Waals surface area contributed by atoms with Crippen molar-refractivity contribution in [2.75, 3.05) is 5.32 Å². The Morgan fingerprint density at radius 3 is 2.88 bits per heavy atom. The molecule has 0 aliphatic heterocycles. The standard InChI is InChI=1S/C19H16BrClN2OS/c1-12-5-6-17(16(20)7-12)23-18(24)10-15-11-25-19(22-15)9-13-3-2-4-14(21)8-13/h2-8,11H,9-10H2,1H3,(H,23,24). The number of nitrogens with one attached hydrogen (secondary N) is 1. The van der Waals surface area contributed by atoms with E-state index in [1.165, 1.54) is 0 Å². The lowest BCUT2D eigenvalue weighted by Crippen LogP contribution is -2.15. The van der Waals surface area contributed by atoms with E-state index in [1.54, 1.807) is 11.3 Å². The van der Waals surface area contributed by atoms with E-state index in [4.69, 9.17) is 11.6 Å². The van der Waals surface area contributed by atoms with Crippen LogP contribution in [-0.4, -0.2) is 10.9 Å². The minimum absolute atomic E-state index is 0.0795. The van der Waals surface area contributed by atoms with Crippen LogP contribution in [0.15, 0.2) is 52.3 Å². The van der Waals surface area contributed by atoms with Crippen LogP contribution in [0.4, 0.5) is 5.69 Å². The molecule has 1 aromatic heterocycles. The van der Waals surface area contributed by atoms with Crippen LogP contribution in [0, 0.1) is 6.92 Å². The third-order valence-corrected chi connectivity index (χ3v) is 5.37. The molecule has 2 aromatic carbocycles. The number of thiazole rings is 1. The molecule has 0 radical (unpaired) electrons. The van der Waals surface area contributed by atoms with Crippen LogP contribution in [0.3, 0.4) is 0 Å². The van der Waals surface area contributed by atoms with Gasteiger partial charge in [-0.15, -0.1) is 11.3 Å². The number of anilines is 1. The van der Waals surface area contributed by atoms with Gasteiger partial charge in [0.05, 0.1) is 22.8 Å². The molecule has 25 heavy (non-hydrogen) atoms. The molecular weight excluding hydrogens is 420 g/mol. The molecule has 0 aliphatic rings. The number of aryl methyl sites for hydroxylation is 1. The monoisotopic (exact) mass is 434 g/mol. The quantitative estimate of drug-likeness (QED) is 0.563. The number of amides is 1. The average Bonchev–Trinajstić information content (AvgIpc) is 2.97. The third-order valence-electron chi connectivity index (χ3n) is 3.58. The van der Waals surface area contributed by atoms with Crippen LogP contribution in [0.5, 0.6) is 0 Å². The first-order valence-corrected chi connectivity index (χ1v) is 9.78. The van der Waals surface area contributed by atoms with E-state index >= 15 is 0 Å². The van der Waals surface area contributed by atoms with Gasteiger partial charge in [0.2, 0.25) is 5.91 Å². The predicted molar refractivity (Wildman–Crippen MR) is 108 cm³/mol. The van der Waals surface area contributed by atoms with Crippen molar-refractivity contribution in [1.82, 2.24) is 4.98 Å². The number of rotatable bonds is 5. The molecule has 0 spiro atoms. The molecule has 6 heteroatoms. The van der Waals surface area contributed by atoms with E-state index in [1.807, 2.05) is 54.8 Å². The molecule has 0 saturated heterocycles. The SMILES string of the molecule is Cc1ccc(NC(=O)Cc2csc(Cc3cccc(Cl)c3)n2)c(Br)c1. The summed E-state index contributed by atoms with van der Waals surface area (Å²) in [5.41, 5.74) is 3.80. The first kappa shape index (κ1) is 18.1. The molecule has 1 amide bonds. The Morgan fingerprint density at radius 1 is 1.28 bits per heavy atom. The molecule has 0 unspecified atom stereocenters. The smallest absolute Gasteiger partial charge is 0.230 e. The van der Waals surface area contributed by atoms with Crippen LogP contribution >= 0.6 is 38.9 Å². The topological polar surface area (TPSA) is 42.0 Å². The molecule has 3 nitrogen and oxygen atoms in total. The number of hydrogen-bond donors (Lipinski definition) is 1. The molecular formula is C19H16BrClN2OS. The molecule has 3 rings (SSSR count). The minimum atomic E-state index is -0.0795. The van der Waals surface area contributed by atoms with Crippen molar-refractivity contribution in [2.45, 2.75) is 19.8 Å². The van der Waals surface area contributed by atoms with Crippen molar-refractivity contribution in [1.29, 1.82) is 0 Å². The number of benzene rings is 2. The van der Waals surface area contributed by atoms with Gasteiger partial charge in [-0.1, -0.05) is 29.8 Å². The average molecular weight is 436 g/mol. The van der Waals surface area contributed by atoms with Gasteiger partial charge < -0.3 is 5.32 Å². The maximum atomic E-state index is 12.2. The Labute approximate surface area is 164 Å². The van der Waals surface area contributed by atoms with E-state index in [2.05, 4.69) is 26.2 Å². The summed E-state index contributed by atoms with van der Waals surface area (Å²) in [6.45, 7) is 2.01. The number of hydrogen-bond acceptors (Lipinski definition) is 3. The predicted octanol–water partition coefficient (Wildman–Crippen LogP) is 5.64. The highest BCUT2D eigenvalue weighted by Gasteiger charge is 2.10. The van der Waals surface area contributed by atoms with E-state index in [9.17, 15) is 4.79 Å². The van der Waals surface area contributed by atoms with Gasteiger partial charge in [-0.05, 0) is 58.2 Å². The second-order valence-electron chi connectivity index (χ2n) is 5.75. The number of aromatic nitrogens is 1. The van der Waals surface area contributed by atoms with Crippen molar-refractivity contribution >= 4 is 50.5 Å². The van der Waals surface area contributed by atoms with Crippen molar-refractivity contribution in [3.63, 3.8) is 0 Å². The van der Waals surface area contributed by atoms with Gasteiger partial charge in [0.1, 0.15) is 0 Å². The minimum Gasteiger partial charge on any atom is -0.325 e. The Hall–Kier alpha value is -1.69. The highest BCUT2D eigenvalue weighted by atomic mass is 79.9. The van der Waals surface area contributed by atoms with E-state index in [0.29, 0.717) is 0 Å². The summed E-state index contributed by atoms with van der Waals surface area (Å²) >= 11 is 11.0. The number of carbonyl (C=O) groups excluding carboxylic acids is 1. The highest BCUT2D eigenvalue weighted by molar-refractivity contribution is 9.10. The lowest BCUT2D eigenvalue weighted by atomic mass is 10.2. The second-order valence-corrected chi connectivity index (χ2v) is 7.98. The zero-order valence-corrected chi connectivity index (χ0v) is 16.7. The molecule has 1 heterocycles. The van der Waals surface area contributed by atoms with E-state index in [-0.39, 0.29) is 12.3 Å². The zero-order valence-electron chi connectivity index (χ0n) is 13.6. The Morgan fingerprint density at radius 2 is 2.12 bits per heavy atom. The van der Waals surface area contributed by atoms with Crippen LogP contribution in [0.1, 0.15) is 21.8 Å². The molecule has 128 valence electrons. The Kier molecular flexibility index (Phi) is 5.89. The first-order valence-electron chi connectivity index (χ1n) is 7.73. The van der Waals surface area contributed by atoms with Crippen LogP contribution in [0.25, 0.3) is 0 Å². The Balaban J connectivity index is 1.61. The van der Waals surface area contributed by atoms with Gasteiger partial charge in [0, 0.05) is 21.3 Å². The molecule has 3 aromatic rings. The van der Waals surface area contributed by atoms with E-state index in [0.717, 1.165) is 43.4 Å². The number of nitrogens with zero attached hydrogens (tertiary/aromatic N) is 1. The molecule has 0 bridgehead atoms. The molecule has 0 atom stereocenters. The molecule has 0 aliphatic carbocycles. The van der Waals surface area contributed by atoms with Crippen LogP contribution in [-0.2, 0) is 17.6 Å². The summed E-state index contributed by atoms with van der Waals surface area (Å²) in [4.78, 5) is 16.8. The van der Waals surface area contributed by atoms with Crippen LogP contribution in [0.2, 0.25) is 5.02 Å². The van der Waals surface area contributed by atoms with Gasteiger partial charge in [-0.2, -0.15) is 0 Å². The van der Waals surface area contributed by atoms with Crippen molar-refractivity contribution in [3.05, 3.63) is 79.2 Å². The number of carbonyl (C=O) groups is 1. The summed E-state index contributed by atoms with van der Waals surface area (Å²) in [7, 11) is 0. The third kappa shape index (κ3) is 5.14. The lowest BCUT2D eigenvalue weighted by Gasteiger charge is -2.07. The van der Waals surface area contributed by atoms with E-state index < -0.39 is 0 Å². The summed E-state index contributed by atoms with van der Waals surface area (Å²) in [6.07, 6.45) is 0.975. The maximum absolute atomic E-state index is 12.2. The second kappa shape index (κ2) is 8.13. The summed E-state index contributed by atoms with van der Waals surface area (Å²) < 4.78 is 0.876. The van der Waals surface area contributed by atoms with Gasteiger partial charge in [0.15, 0.2) is 0 Å². The van der Waals surface area contributed by atoms with Gasteiger partial charge in [-0.25, -0.2) is 4.98 Å². The Bertz CT molecular complexity index is 910. The fourth-order valence-corrected chi connectivity index (χ4v) is 4.05. The zero-order chi connectivity index (χ0) is 17.8. The molecule has 0 saturated carbocycles. The van der Waals surface area contributed by atoms with Gasteiger partial charge in [-0.3, -0.25) is 4.79 Å².